The smallest absolute Gasteiger partial charge is 0.337 e. The zero-order valence-corrected chi connectivity index (χ0v) is 24.5. The molecule has 41 heavy (non-hydrogen) atoms. The van der Waals surface area contributed by atoms with Gasteiger partial charge in [0.25, 0.3) is 5.69 Å². The number of aliphatic hydroxyl groups excluding tert-OH is 1. The van der Waals surface area contributed by atoms with Gasteiger partial charge in [-0.3, -0.25) is 10.1 Å². The molecule has 0 fully saturated rings. The highest BCUT2D eigenvalue weighted by Gasteiger charge is 2.34. The van der Waals surface area contributed by atoms with Gasteiger partial charge < -0.3 is 9.84 Å². The second-order valence-electron chi connectivity index (χ2n) is 10.2. The molecule has 10 heteroatoms. The standard InChI is InChI=1S/C31H38N2O7S/c1-4-5-6-7-8-28(29(21-34)23-11-13-25(14-12-23)31(35)40-3)30(24-15-17-26(18-16-24)33(36)37)32-41(38,39)27-19-9-22(2)10-20-27/h9-20,28-30,32,34H,4-8,21H2,1-3H3/t28-,29-,30+/m1/s1. The lowest BCUT2D eigenvalue weighted by atomic mass is 9.76. The number of nitro groups is 1. The number of carbonyl (C=O) groups is 1. The third-order valence-corrected chi connectivity index (χ3v) is 8.83. The van der Waals surface area contributed by atoms with E-state index in [0.29, 0.717) is 17.5 Å². The van der Waals surface area contributed by atoms with Crippen molar-refractivity contribution in [2.45, 2.75) is 62.8 Å². The number of hydrogen-bond donors (Lipinski definition) is 2. The fourth-order valence-corrected chi connectivity index (χ4v) is 6.31. The number of ether oxygens (including phenoxy) is 1. The highest BCUT2D eigenvalue weighted by Crippen LogP contribution is 2.39. The van der Waals surface area contributed by atoms with Crippen LogP contribution in [0, 0.1) is 23.0 Å². The lowest BCUT2D eigenvalue weighted by molar-refractivity contribution is -0.384. The number of methoxy groups -OCH3 is 1. The van der Waals surface area contributed by atoms with Gasteiger partial charge >= 0.3 is 5.97 Å². The van der Waals surface area contributed by atoms with Crippen LogP contribution >= 0.6 is 0 Å². The SMILES string of the molecule is CCCCCC[C@H]([C@H](CO)c1ccc(C(=O)OC)cc1)[C@@H](NS(=O)(=O)c1ccc(C)cc1)c1ccc([N+](=O)[O-])cc1. The third kappa shape index (κ3) is 8.45. The Morgan fingerprint density at radius 2 is 1.56 bits per heavy atom. The van der Waals surface area contributed by atoms with Crippen LogP contribution in [0.4, 0.5) is 5.69 Å². The Balaban J connectivity index is 2.11. The molecule has 0 heterocycles. The van der Waals surface area contributed by atoms with Gasteiger partial charge in [-0.1, -0.05) is 74.6 Å². The summed E-state index contributed by atoms with van der Waals surface area (Å²) in [4.78, 5) is 22.9. The first kappa shape index (κ1) is 31.9. The van der Waals surface area contributed by atoms with Crippen LogP contribution in [0.25, 0.3) is 0 Å². The predicted molar refractivity (Wildman–Crippen MR) is 157 cm³/mol. The Labute approximate surface area is 241 Å². The Morgan fingerprint density at radius 1 is 0.951 bits per heavy atom. The van der Waals surface area contributed by atoms with E-state index in [9.17, 15) is 28.4 Å². The van der Waals surface area contributed by atoms with Crippen molar-refractivity contribution in [1.29, 1.82) is 0 Å². The molecule has 0 saturated carbocycles. The number of hydrogen-bond acceptors (Lipinski definition) is 7. The molecule has 0 aliphatic heterocycles. The zero-order valence-electron chi connectivity index (χ0n) is 23.7. The minimum atomic E-state index is -4.00. The number of aliphatic hydroxyl groups is 1. The van der Waals surface area contributed by atoms with E-state index in [1.54, 1.807) is 48.5 Å². The number of esters is 1. The summed E-state index contributed by atoms with van der Waals surface area (Å²) >= 11 is 0. The van der Waals surface area contributed by atoms with Gasteiger partial charge in [0, 0.05) is 18.1 Å². The molecule has 3 aromatic rings. The summed E-state index contributed by atoms with van der Waals surface area (Å²) in [6, 6.07) is 18.3. The lowest BCUT2D eigenvalue weighted by Gasteiger charge is -2.34. The molecule has 0 bridgehead atoms. The van der Waals surface area contributed by atoms with E-state index in [1.807, 2.05) is 6.92 Å². The number of rotatable bonds is 15. The molecule has 0 aromatic heterocycles. The zero-order chi connectivity index (χ0) is 30.0. The van der Waals surface area contributed by atoms with Crippen molar-refractivity contribution in [1.82, 2.24) is 4.72 Å². The fourth-order valence-electron chi connectivity index (χ4n) is 5.04. The maximum Gasteiger partial charge on any atom is 0.337 e. The Kier molecular flexibility index (Phi) is 11.6. The van der Waals surface area contributed by atoms with E-state index >= 15 is 0 Å². The van der Waals surface area contributed by atoms with Crippen LogP contribution in [0.1, 0.15) is 78.0 Å². The maximum atomic E-state index is 13.7. The van der Waals surface area contributed by atoms with Crippen LogP contribution in [-0.2, 0) is 14.8 Å². The van der Waals surface area contributed by atoms with E-state index in [4.69, 9.17) is 4.74 Å². The molecule has 0 radical (unpaired) electrons. The molecule has 0 aliphatic carbocycles. The summed E-state index contributed by atoms with van der Waals surface area (Å²) < 4.78 is 35.0. The van der Waals surface area contributed by atoms with Crippen molar-refractivity contribution in [3.05, 3.63) is 105 Å². The summed E-state index contributed by atoms with van der Waals surface area (Å²) in [5, 5.41) is 22.0. The van der Waals surface area contributed by atoms with E-state index in [-0.39, 0.29) is 17.2 Å². The molecule has 0 unspecified atom stereocenters. The molecule has 2 N–H and O–H groups in total. The molecular formula is C31H38N2O7S. The molecular weight excluding hydrogens is 544 g/mol. The first-order valence-corrected chi connectivity index (χ1v) is 15.2. The molecule has 0 spiro atoms. The van der Waals surface area contributed by atoms with Gasteiger partial charge in [-0.05, 0) is 54.7 Å². The van der Waals surface area contributed by atoms with Crippen LogP contribution in [0.3, 0.4) is 0 Å². The molecule has 0 aliphatic rings. The molecule has 3 aromatic carbocycles. The number of sulfonamides is 1. The quantitative estimate of drug-likeness (QED) is 0.0960. The number of nitrogens with one attached hydrogen (secondary N) is 1. The third-order valence-electron chi connectivity index (χ3n) is 7.37. The number of aryl methyl sites for hydroxylation is 1. The predicted octanol–water partition coefficient (Wildman–Crippen LogP) is 6.07. The van der Waals surface area contributed by atoms with Gasteiger partial charge in [0.1, 0.15) is 0 Å². The van der Waals surface area contributed by atoms with E-state index in [2.05, 4.69) is 11.6 Å². The van der Waals surface area contributed by atoms with Crippen molar-refractivity contribution in [2.24, 2.45) is 5.92 Å². The summed E-state index contributed by atoms with van der Waals surface area (Å²) in [5.41, 5.74) is 2.46. The number of benzene rings is 3. The number of non-ortho nitro benzene ring substituents is 1. The maximum absolute atomic E-state index is 13.7. The van der Waals surface area contributed by atoms with E-state index in [0.717, 1.165) is 36.8 Å². The summed E-state index contributed by atoms with van der Waals surface area (Å²) in [6.45, 7) is 3.70. The minimum Gasteiger partial charge on any atom is -0.465 e. The molecule has 0 amide bonds. The number of carbonyl (C=O) groups excluding carboxylic acids is 1. The van der Waals surface area contributed by atoms with Crippen molar-refractivity contribution in [2.75, 3.05) is 13.7 Å². The van der Waals surface area contributed by atoms with Gasteiger partial charge in [-0.2, -0.15) is 0 Å². The number of unbranched alkanes of at least 4 members (excludes halogenated alkanes) is 3. The van der Waals surface area contributed by atoms with Crippen LogP contribution < -0.4 is 4.72 Å². The first-order valence-electron chi connectivity index (χ1n) is 13.7. The largest absolute Gasteiger partial charge is 0.465 e. The number of nitrogens with zero attached hydrogens (tertiary/aromatic N) is 1. The van der Waals surface area contributed by atoms with Crippen LogP contribution in [-0.4, -0.2) is 38.1 Å². The average molecular weight is 583 g/mol. The number of nitro benzene ring substituents is 1. The normalized spacial score (nSPS) is 13.8. The Hall–Kier alpha value is -3.60. The topological polar surface area (TPSA) is 136 Å². The summed E-state index contributed by atoms with van der Waals surface area (Å²) in [6.07, 6.45) is 4.35. The van der Waals surface area contributed by atoms with Crippen molar-refractivity contribution >= 4 is 21.7 Å². The van der Waals surface area contributed by atoms with Crippen molar-refractivity contribution in [3.8, 4) is 0 Å². The van der Waals surface area contributed by atoms with Gasteiger partial charge in [-0.15, -0.1) is 0 Å². The van der Waals surface area contributed by atoms with Crippen molar-refractivity contribution < 1.29 is 28.0 Å². The summed E-state index contributed by atoms with van der Waals surface area (Å²) in [7, 11) is -2.70. The second kappa shape index (κ2) is 14.9. The van der Waals surface area contributed by atoms with Crippen LogP contribution in [0.15, 0.2) is 77.7 Å². The van der Waals surface area contributed by atoms with Crippen LogP contribution in [0.5, 0.6) is 0 Å². The fraction of sp³-hybridized carbons (Fsp3) is 0.387. The van der Waals surface area contributed by atoms with Gasteiger partial charge in [0.05, 0.1) is 35.1 Å². The lowest BCUT2D eigenvalue weighted by Crippen LogP contribution is -2.37. The minimum absolute atomic E-state index is 0.0997. The van der Waals surface area contributed by atoms with E-state index in [1.165, 1.54) is 31.4 Å². The first-order chi connectivity index (χ1) is 19.6. The van der Waals surface area contributed by atoms with E-state index < -0.39 is 38.8 Å². The highest BCUT2D eigenvalue weighted by molar-refractivity contribution is 7.89. The second-order valence-corrected chi connectivity index (χ2v) is 11.9. The monoisotopic (exact) mass is 582 g/mol. The van der Waals surface area contributed by atoms with Crippen LogP contribution in [0.2, 0.25) is 0 Å². The molecule has 0 saturated heterocycles. The molecule has 220 valence electrons. The van der Waals surface area contributed by atoms with Gasteiger partial charge in [0.15, 0.2) is 0 Å². The highest BCUT2D eigenvalue weighted by atomic mass is 32.2. The van der Waals surface area contributed by atoms with Gasteiger partial charge in [0.2, 0.25) is 10.0 Å². The average Bonchev–Trinajstić information content (AvgIpc) is 2.98. The molecule has 3 rings (SSSR count). The molecule has 9 nitrogen and oxygen atoms in total. The van der Waals surface area contributed by atoms with Gasteiger partial charge in [-0.25, -0.2) is 17.9 Å². The Morgan fingerprint density at radius 3 is 2.10 bits per heavy atom. The molecule has 3 atom stereocenters. The summed E-state index contributed by atoms with van der Waals surface area (Å²) in [5.74, 6) is -1.39. The Bertz CT molecular complexity index is 1390. The van der Waals surface area contributed by atoms with Crippen molar-refractivity contribution in [3.63, 3.8) is 0 Å².